The molecule has 1 saturated heterocycles. The van der Waals surface area contributed by atoms with Gasteiger partial charge in [0.25, 0.3) is 0 Å². The lowest BCUT2D eigenvalue weighted by Crippen LogP contribution is -2.54. The second-order valence-corrected chi connectivity index (χ2v) is 8.66. The number of benzene rings is 2. The van der Waals surface area contributed by atoms with Gasteiger partial charge in [0.1, 0.15) is 5.82 Å². The van der Waals surface area contributed by atoms with Crippen LogP contribution in [0, 0.1) is 17.2 Å². The predicted octanol–water partition coefficient (Wildman–Crippen LogP) is 4.19. The van der Waals surface area contributed by atoms with Gasteiger partial charge in [-0.05, 0) is 67.9 Å². The highest BCUT2D eigenvalue weighted by molar-refractivity contribution is 5.86. The molecule has 1 saturated carbocycles. The van der Waals surface area contributed by atoms with Gasteiger partial charge < -0.3 is 10.2 Å². The van der Waals surface area contributed by atoms with E-state index in [1.165, 1.54) is 12.1 Å². The lowest BCUT2D eigenvalue weighted by molar-refractivity contribution is -0.142. The maximum Gasteiger partial charge on any atom is 0.228 e. The Labute approximate surface area is 177 Å². The summed E-state index contributed by atoms with van der Waals surface area (Å²) < 4.78 is 13.7. The number of hydrogen-bond acceptors (Lipinski definition) is 2. The van der Waals surface area contributed by atoms with Crippen LogP contribution in [0.15, 0.2) is 48.5 Å². The average Bonchev–Trinajstić information content (AvgIpc) is 3.59. The van der Waals surface area contributed by atoms with E-state index in [-0.39, 0.29) is 23.5 Å². The summed E-state index contributed by atoms with van der Waals surface area (Å²) in [4.78, 5) is 27.8. The number of carbonyl (C=O) groups excluding carboxylic acids is 2. The Bertz CT molecular complexity index is 940. The van der Waals surface area contributed by atoms with E-state index >= 15 is 0 Å². The third-order valence-corrected chi connectivity index (χ3v) is 6.26. The highest BCUT2D eigenvalue weighted by Gasteiger charge is 2.45. The summed E-state index contributed by atoms with van der Waals surface area (Å²) in [6, 6.07) is 14.5. The van der Waals surface area contributed by atoms with E-state index in [1.54, 1.807) is 6.07 Å². The van der Waals surface area contributed by atoms with E-state index in [4.69, 9.17) is 0 Å². The average molecular weight is 409 g/mol. The Hall–Kier alpha value is -2.69. The summed E-state index contributed by atoms with van der Waals surface area (Å²) >= 11 is 0. The molecule has 2 amide bonds. The van der Waals surface area contributed by atoms with Crippen molar-refractivity contribution in [2.24, 2.45) is 11.3 Å². The van der Waals surface area contributed by atoms with E-state index in [9.17, 15) is 14.0 Å². The number of halogens is 1. The molecule has 1 atom stereocenters. The Morgan fingerprint density at radius 1 is 1.13 bits per heavy atom. The van der Waals surface area contributed by atoms with Gasteiger partial charge in [-0.2, -0.15) is 0 Å². The lowest BCUT2D eigenvalue weighted by Gasteiger charge is -2.42. The van der Waals surface area contributed by atoms with Crippen molar-refractivity contribution in [2.45, 2.75) is 39.0 Å². The smallest absolute Gasteiger partial charge is 0.228 e. The molecule has 2 aliphatic rings. The summed E-state index contributed by atoms with van der Waals surface area (Å²) in [7, 11) is 0. The van der Waals surface area contributed by atoms with Crippen molar-refractivity contribution in [3.63, 3.8) is 0 Å². The van der Waals surface area contributed by atoms with E-state index < -0.39 is 5.41 Å². The number of carbonyl (C=O) groups is 2. The number of nitrogens with one attached hydrogen (secondary N) is 1. The van der Waals surface area contributed by atoms with Crippen LogP contribution in [0.3, 0.4) is 0 Å². The maximum atomic E-state index is 13.7. The van der Waals surface area contributed by atoms with Gasteiger partial charge in [-0.1, -0.05) is 36.4 Å². The fourth-order valence-electron chi connectivity index (χ4n) is 4.59. The maximum absolute atomic E-state index is 13.7. The first-order valence-corrected chi connectivity index (χ1v) is 10.9. The molecule has 5 heteroatoms. The molecule has 158 valence electrons. The molecule has 1 N–H and O–H groups in total. The zero-order valence-electron chi connectivity index (χ0n) is 17.5. The van der Waals surface area contributed by atoms with Crippen LogP contribution in [0.5, 0.6) is 0 Å². The molecule has 30 heavy (non-hydrogen) atoms. The highest BCUT2D eigenvalue weighted by Crippen LogP contribution is 2.38. The van der Waals surface area contributed by atoms with Crippen LogP contribution >= 0.6 is 0 Å². The number of hydrogen-bond donors (Lipinski definition) is 1. The molecule has 0 aromatic heterocycles. The second kappa shape index (κ2) is 8.58. The minimum Gasteiger partial charge on any atom is -0.356 e. The zero-order valence-corrected chi connectivity index (χ0v) is 17.5. The predicted molar refractivity (Wildman–Crippen MR) is 115 cm³/mol. The van der Waals surface area contributed by atoms with Crippen LogP contribution in [0.1, 0.15) is 38.2 Å². The van der Waals surface area contributed by atoms with Crippen LogP contribution in [-0.2, 0) is 16.0 Å². The number of amides is 2. The third kappa shape index (κ3) is 4.40. The third-order valence-electron chi connectivity index (χ3n) is 6.26. The molecule has 1 aliphatic heterocycles. The van der Waals surface area contributed by atoms with Crippen LogP contribution in [-0.4, -0.2) is 36.3 Å². The quantitative estimate of drug-likeness (QED) is 0.779. The van der Waals surface area contributed by atoms with Crippen molar-refractivity contribution in [2.75, 3.05) is 19.6 Å². The van der Waals surface area contributed by atoms with Gasteiger partial charge >= 0.3 is 0 Å². The molecule has 0 bridgehead atoms. The Kier molecular flexibility index (Phi) is 5.89. The van der Waals surface area contributed by atoms with Crippen LogP contribution in [0.4, 0.5) is 4.39 Å². The van der Waals surface area contributed by atoms with E-state index in [0.29, 0.717) is 19.5 Å². The molecule has 2 aromatic rings. The van der Waals surface area contributed by atoms with Crippen molar-refractivity contribution in [1.29, 1.82) is 0 Å². The summed E-state index contributed by atoms with van der Waals surface area (Å²) in [6.45, 7) is 3.70. The Morgan fingerprint density at radius 2 is 1.87 bits per heavy atom. The molecule has 2 fully saturated rings. The van der Waals surface area contributed by atoms with Crippen LogP contribution < -0.4 is 5.32 Å². The van der Waals surface area contributed by atoms with E-state index in [0.717, 1.165) is 48.9 Å². The molecule has 2 aromatic carbocycles. The van der Waals surface area contributed by atoms with Gasteiger partial charge in [-0.15, -0.1) is 0 Å². The van der Waals surface area contributed by atoms with Crippen molar-refractivity contribution in [3.8, 4) is 11.1 Å². The number of nitrogens with zero attached hydrogens (tertiary/aromatic N) is 1. The molecule has 0 radical (unpaired) electrons. The molecule has 1 unspecified atom stereocenters. The van der Waals surface area contributed by atoms with Gasteiger partial charge in [0, 0.05) is 25.6 Å². The van der Waals surface area contributed by atoms with Crippen LogP contribution in [0.2, 0.25) is 0 Å². The summed E-state index contributed by atoms with van der Waals surface area (Å²) in [5.41, 5.74) is 2.15. The van der Waals surface area contributed by atoms with Gasteiger partial charge in [0.2, 0.25) is 11.8 Å². The summed E-state index contributed by atoms with van der Waals surface area (Å²) in [5, 5.41) is 3.01. The largest absolute Gasteiger partial charge is 0.356 e. The molecule has 0 spiro atoms. The summed E-state index contributed by atoms with van der Waals surface area (Å²) in [5.74, 6) is 0.121. The standard InChI is InChI=1S/C25H29FN2O2/c1-2-27-24(30)25(12-5-13-28(17-25)23(29)19-10-11-19)16-18-6-3-7-20(14-18)21-8-4-9-22(26)15-21/h3-4,6-9,14-15,19H,2,5,10-13,16-17H2,1H3,(H,27,30). The number of piperidine rings is 1. The summed E-state index contributed by atoms with van der Waals surface area (Å²) in [6.07, 6.45) is 4.10. The fraction of sp³-hybridized carbons (Fsp3) is 0.440. The number of likely N-dealkylation sites (tertiary alicyclic amines) is 1. The van der Waals surface area contributed by atoms with Crippen molar-refractivity contribution < 1.29 is 14.0 Å². The van der Waals surface area contributed by atoms with Gasteiger partial charge in [-0.3, -0.25) is 9.59 Å². The molecule has 4 nitrogen and oxygen atoms in total. The SMILES string of the molecule is CCNC(=O)C1(Cc2cccc(-c3cccc(F)c3)c2)CCCN(C(=O)C2CC2)C1. The molecule has 1 heterocycles. The topological polar surface area (TPSA) is 49.4 Å². The minimum atomic E-state index is -0.626. The van der Waals surface area contributed by atoms with Crippen molar-refractivity contribution >= 4 is 11.8 Å². The van der Waals surface area contributed by atoms with Gasteiger partial charge in [0.05, 0.1) is 5.41 Å². The minimum absolute atomic E-state index is 0.0226. The first-order valence-electron chi connectivity index (χ1n) is 10.9. The van der Waals surface area contributed by atoms with Crippen molar-refractivity contribution in [1.82, 2.24) is 10.2 Å². The molecular formula is C25H29FN2O2. The number of rotatable bonds is 6. The highest BCUT2D eigenvalue weighted by atomic mass is 19.1. The van der Waals surface area contributed by atoms with Crippen molar-refractivity contribution in [3.05, 3.63) is 59.9 Å². The first kappa shape index (κ1) is 20.6. The van der Waals surface area contributed by atoms with E-state index in [1.807, 2.05) is 42.2 Å². The lowest BCUT2D eigenvalue weighted by atomic mass is 9.74. The Balaban J connectivity index is 1.61. The fourth-order valence-corrected chi connectivity index (χ4v) is 4.59. The Morgan fingerprint density at radius 3 is 2.57 bits per heavy atom. The van der Waals surface area contributed by atoms with Crippen LogP contribution in [0.25, 0.3) is 11.1 Å². The molecule has 1 aliphatic carbocycles. The molecule has 4 rings (SSSR count). The first-order chi connectivity index (χ1) is 14.5. The van der Waals surface area contributed by atoms with E-state index in [2.05, 4.69) is 5.32 Å². The zero-order chi connectivity index (χ0) is 21.1. The molecular weight excluding hydrogens is 379 g/mol. The van der Waals surface area contributed by atoms with Gasteiger partial charge in [0.15, 0.2) is 0 Å². The monoisotopic (exact) mass is 408 g/mol. The normalized spacial score (nSPS) is 21.3. The second-order valence-electron chi connectivity index (χ2n) is 8.66. The van der Waals surface area contributed by atoms with Gasteiger partial charge in [-0.25, -0.2) is 4.39 Å².